The molecule has 0 aliphatic carbocycles. The van der Waals surface area contributed by atoms with Gasteiger partial charge in [-0.25, -0.2) is 0 Å². The van der Waals surface area contributed by atoms with Crippen LogP contribution in [0.5, 0.6) is 5.75 Å². The molecule has 0 radical (unpaired) electrons. The Hall–Kier alpha value is -1.52. The number of hydrogen-bond acceptors (Lipinski definition) is 3. The Balaban J connectivity index is 2.06. The zero-order chi connectivity index (χ0) is 15.5. The molecule has 1 N–H and O–H groups in total. The summed E-state index contributed by atoms with van der Waals surface area (Å²) < 4.78 is 5.17. The van der Waals surface area contributed by atoms with Crippen LogP contribution in [0.15, 0.2) is 35.7 Å². The average molecular weight is 324 g/mol. The summed E-state index contributed by atoms with van der Waals surface area (Å²) in [5.74, 6) is 0.495. The number of thiophene rings is 1. The van der Waals surface area contributed by atoms with Crippen LogP contribution in [-0.2, 0) is 5.41 Å². The Bertz CT molecular complexity index is 637. The Kier molecular flexibility index (Phi) is 4.91. The van der Waals surface area contributed by atoms with E-state index in [2.05, 4.69) is 19.2 Å². The van der Waals surface area contributed by atoms with Gasteiger partial charge in [0.05, 0.1) is 7.11 Å². The van der Waals surface area contributed by atoms with Gasteiger partial charge < -0.3 is 10.1 Å². The lowest BCUT2D eigenvalue weighted by Crippen LogP contribution is -2.36. The van der Waals surface area contributed by atoms with Crippen LogP contribution >= 0.6 is 22.9 Å². The van der Waals surface area contributed by atoms with Crippen LogP contribution in [-0.4, -0.2) is 19.6 Å². The van der Waals surface area contributed by atoms with Gasteiger partial charge in [-0.05, 0) is 29.1 Å². The average Bonchev–Trinajstić information content (AvgIpc) is 2.93. The van der Waals surface area contributed by atoms with Crippen molar-refractivity contribution < 1.29 is 9.53 Å². The minimum absolute atomic E-state index is 0.114. The maximum absolute atomic E-state index is 12.2. The Morgan fingerprint density at radius 3 is 2.81 bits per heavy atom. The van der Waals surface area contributed by atoms with Crippen molar-refractivity contribution in [1.29, 1.82) is 0 Å². The second-order valence-corrected chi connectivity index (χ2v) is 6.75. The summed E-state index contributed by atoms with van der Waals surface area (Å²) in [6.07, 6.45) is 0. The predicted molar refractivity (Wildman–Crippen MR) is 87.7 cm³/mol. The molecule has 0 aliphatic heterocycles. The normalized spacial score (nSPS) is 11.2. The molecule has 21 heavy (non-hydrogen) atoms. The van der Waals surface area contributed by atoms with E-state index in [0.717, 1.165) is 5.56 Å². The molecule has 0 fully saturated rings. The molecule has 1 aromatic carbocycles. The van der Waals surface area contributed by atoms with E-state index in [0.29, 0.717) is 22.2 Å². The van der Waals surface area contributed by atoms with Gasteiger partial charge in [0, 0.05) is 17.0 Å². The van der Waals surface area contributed by atoms with E-state index in [1.54, 1.807) is 13.2 Å². The van der Waals surface area contributed by atoms with Crippen molar-refractivity contribution in [3.8, 4) is 5.75 Å². The first-order valence-electron chi connectivity index (χ1n) is 6.60. The van der Waals surface area contributed by atoms with E-state index in [9.17, 15) is 4.79 Å². The first-order chi connectivity index (χ1) is 9.94. The van der Waals surface area contributed by atoms with Gasteiger partial charge in [-0.3, -0.25) is 4.79 Å². The molecule has 0 spiro atoms. The number of hydrogen-bond donors (Lipinski definition) is 1. The van der Waals surface area contributed by atoms with Crippen molar-refractivity contribution in [1.82, 2.24) is 5.32 Å². The molecular formula is C16H18ClNO2S. The molecule has 0 saturated carbocycles. The van der Waals surface area contributed by atoms with Gasteiger partial charge >= 0.3 is 0 Å². The zero-order valence-corrected chi connectivity index (χ0v) is 13.8. The third kappa shape index (κ3) is 3.77. The Morgan fingerprint density at radius 1 is 1.38 bits per heavy atom. The number of carbonyl (C=O) groups excluding carboxylic acids is 1. The fourth-order valence-electron chi connectivity index (χ4n) is 2.02. The summed E-state index contributed by atoms with van der Waals surface area (Å²) in [7, 11) is 1.56. The number of rotatable bonds is 5. The van der Waals surface area contributed by atoms with Crippen LogP contribution in [0.25, 0.3) is 0 Å². The molecule has 2 aromatic rings. The highest BCUT2D eigenvalue weighted by Crippen LogP contribution is 2.27. The van der Waals surface area contributed by atoms with E-state index in [-0.39, 0.29) is 11.3 Å². The molecule has 1 heterocycles. The fraction of sp³-hybridized carbons (Fsp3) is 0.312. The molecule has 1 aromatic heterocycles. The van der Waals surface area contributed by atoms with Crippen LogP contribution in [0.3, 0.4) is 0 Å². The van der Waals surface area contributed by atoms with Crippen molar-refractivity contribution in [3.63, 3.8) is 0 Å². The molecule has 3 nitrogen and oxygen atoms in total. The van der Waals surface area contributed by atoms with E-state index in [1.807, 2.05) is 29.6 Å². The lowest BCUT2D eigenvalue weighted by atomic mass is 9.84. The summed E-state index contributed by atoms with van der Waals surface area (Å²) in [5.41, 5.74) is 0.888. The van der Waals surface area contributed by atoms with Gasteiger partial charge in [0.25, 0.3) is 5.91 Å². The van der Waals surface area contributed by atoms with Gasteiger partial charge in [0.1, 0.15) is 10.6 Å². The quantitative estimate of drug-likeness (QED) is 0.899. The largest absolute Gasteiger partial charge is 0.495 e. The van der Waals surface area contributed by atoms with E-state index in [1.165, 1.54) is 11.3 Å². The van der Waals surface area contributed by atoms with E-state index < -0.39 is 0 Å². The smallest absolute Gasteiger partial charge is 0.265 e. The number of nitrogens with one attached hydrogen (secondary N) is 1. The molecule has 0 unspecified atom stereocenters. The van der Waals surface area contributed by atoms with Crippen LogP contribution < -0.4 is 10.1 Å². The fourth-order valence-corrected chi connectivity index (χ4v) is 2.98. The minimum atomic E-state index is -0.203. The first kappa shape index (κ1) is 15.9. The standard InChI is InChI=1S/C16H18ClNO2S/c1-16(2,11-5-4-6-12(17)9-11)10-18-15(19)14-13(20-3)7-8-21-14/h4-9H,10H2,1-3H3,(H,18,19). The number of methoxy groups -OCH3 is 1. The van der Waals surface area contributed by atoms with E-state index >= 15 is 0 Å². The van der Waals surface area contributed by atoms with Crippen molar-refractivity contribution in [2.45, 2.75) is 19.3 Å². The molecule has 5 heteroatoms. The van der Waals surface area contributed by atoms with Gasteiger partial charge in [-0.2, -0.15) is 0 Å². The van der Waals surface area contributed by atoms with Gasteiger partial charge in [0.15, 0.2) is 0 Å². The number of amides is 1. The highest BCUT2D eigenvalue weighted by Gasteiger charge is 2.23. The Morgan fingerprint density at radius 2 is 2.14 bits per heavy atom. The highest BCUT2D eigenvalue weighted by molar-refractivity contribution is 7.12. The van der Waals surface area contributed by atoms with Crippen LogP contribution in [0.1, 0.15) is 29.1 Å². The summed E-state index contributed by atoms with van der Waals surface area (Å²) in [6, 6.07) is 9.50. The molecule has 112 valence electrons. The predicted octanol–water partition coefficient (Wildman–Crippen LogP) is 4.12. The monoisotopic (exact) mass is 323 g/mol. The molecule has 0 bridgehead atoms. The van der Waals surface area contributed by atoms with Crippen molar-refractivity contribution in [3.05, 3.63) is 51.2 Å². The van der Waals surface area contributed by atoms with Gasteiger partial charge in [-0.1, -0.05) is 37.6 Å². The molecule has 0 saturated heterocycles. The van der Waals surface area contributed by atoms with Gasteiger partial charge in [0.2, 0.25) is 0 Å². The lowest BCUT2D eigenvalue weighted by Gasteiger charge is -2.25. The molecule has 0 aliphatic rings. The van der Waals surface area contributed by atoms with Gasteiger partial charge in [-0.15, -0.1) is 11.3 Å². The van der Waals surface area contributed by atoms with Crippen molar-refractivity contribution in [2.24, 2.45) is 0 Å². The first-order valence-corrected chi connectivity index (χ1v) is 7.85. The minimum Gasteiger partial charge on any atom is -0.495 e. The number of carbonyl (C=O) groups is 1. The molecule has 1 amide bonds. The maximum Gasteiger partial charge on any atom is 0.265 e. The lowest BCUT2D eigenvalue weighted by molar-refractivity contribution is 0.0947. The number of ether oxygens (including phenoxy) is 1. The summed E-state index contributed by atoms with van der Waals surface area (Å²) >= 11 is 7.41. The zero-order valence-electron chi connectivity index (χ0n) is 12.3. The summed E-state index contributed by atoms with van der Waals surface area (Å²) in [6.45, 7) is 4.67. The topological polar surface area (TPSA) is 38.3 Å². The second kappa shape index (κ2) is 6.50. The third-order valence-electron chi connectivity index (χ3n) is 3.35. The molecule has 2 rings (SSSR count). The Labute approximate surface area is 133 Å². The highest BCUT2D eigenvalue weighted by atomic mass is 35.5. The van der Waals surface area contributed by atoms with Crippen LogP contribution in [0, 0.1) is 0 Å². The maximum atomic E-state index is 12.2. The van der Waals surface area contributed by atoms with Crippen LogP contribution in [0.2, 0.25) is 5.02 Å². The van der Waals surface area contributed by atoms with E-state index in [4.69, 9.17) is 16.3 Å². The second-order valence-electron chi connectivity index (χ2n) is 5.40. The van der Waals surface area contributed by atoms with Crippen molar-refractivity contribution in [2.75, 3.05) is 13.7 Å². The molecule has 0 atom stereocenters. The molecular weight excluding hydrogens is 306 g/mol. The van der Waals surface area contributed by atoms with Crippen LogP contribution in [0.4, 0.5) is 0 Å². The van der Waals surface area contributed by atoms with Crippen molar-refractivity contribution >= 4 is 28.8 Å². The number of halogens is 1. The SMILES string of the molecule is COc1ccsc1C(=O)NCC(C)(C)c1cccc(Cl)c1. The summed E-state index contributed by atoms with van der Waals surface area (Å²) in [5, 5.41) is 5.51. The number of benzene rings is 1. The summed E-state index contributed by atoms with van der Waals surface area (Å²) in [4.78, 5) is 12.8. The third-order valence-corrected chi connectivity index (χ3v) is 4.48.